The van der Waals surface area contributed by atoms with Gasteiger partial charge >= 0.3 is 0 Å². The number of hydrogen-bond acceptors (Lipinski definition) is 2. The monoisotopic (exact) mass is 282 g/mol. The normalized spacial score (nSPS) is 14.0. The topological polar surface area (TPSA) is 29.5 Å². The molecule has 21 heavy (non-hydrogen) atoms. The molecule has 0 unspecified atom stereocenters. The molecule has 110 valence electrons. The summed E-state index contributed by atoms with van der Waals surface area (Å²) in [6, 6.07) is 17.7. The zero-order chi connectivity index (χ0) is 15.1. The molecule has 1 N–H and O–H groups in total. The van der Waals surface area contributed by atoms with Crippen molar-refractivity contribution in [2.24, 2.45) is 0 Å². The van der Waals surface area contributed by atoms with Gasteiger partial charge in [-0.15, -0.1) is 0 Å². The highest BCUT2D eigenvalue weighted by atomic mass is 16.5. The average molecular weight is 282 g/mol. The summed E-state index contributed by atoms with van der Waals surface area (Å²) in [5.41, 5.74) is 2.01. The molecule has 0 saturated heterocycles. The highest BCUT2D eigenvalue weighted by Crippen LogP contribution is 2.33. The lowest BCUT2D eigenvalue weighted by atomic mass is 9.88. The molecule has 0 saturated carbocycles. The van der Waals surface area contributed by atoms with Gasteiger partial charge in [-0.25, -0.2) is 0 Å². The van der Waals surface area contributed by atoms with Crippen molar-refractivity contribution in [3.05, 3.63) is 77.9 Å². The largest absolute Gasteiger partial charge is 0.497 e. The summed E-state index contributed by atoms with van der Waals surface area (Å²) in [5, 5.41) is 10.7. The van der Waals surface area contributed by atoms with Gasteiger partial charge in [0.2, 0.25) is 0 Å². The van der Waals surface area contributed by atoms with Gasteiger partial charge in [-0.05, 0) is 29.7 Å². The van der Waals surface area contributed by atoms with Crippen LogP contribution in [0.2, 0.25) is 0 Å². The summed E-state index contributed by atoms with van der Waals surface area (Å²) in [6.45, 7) is 2.10. The van der Waals surface area contributed by atoms with Crippen molar-refractivity contribution < 1.29 is 9.84 Å². The summed E-state index contributed by atoms with van der Waals surface area (Å²) in [5.74, 6) is 0.755. The maximum absolute atomic E-state index is 10.7. The van der Waals surface area contributed by atoms with Crippen LogP contribution in [0.25, 0.3) is 0 Å². The third-order valence-electron chi connectivity index (χ3n) is 3.56. The van der Waals surface area contributed by atoms with Gasteiger partial charge in [0, 0.05) is 5.92 Å². The Morgan fingerprint density at radius 1 is 1.00 bits per heavy atom. The Labute approximate surface area is 126 Å². The lowest BCUT2D eigenvalue weighted by molar-refractivity contribution is 0.161. The zero-order valence-electron chi connectivity index (χ0n) is 12.6. The van der Waals surface area contributed by atoms with Gasteiger partial charge < -0.3 is 9.84 Å². The summed E-state index contributed by atoms with van der Waals surface area (Å²) in [4.78, 5) is 0. The van der Waals surface area contributed by atoms with Crippen molar-refractivity contribution in [1.29, 1.82) is 0 Å². The van der Waals surface area contributed by atoms with Crippen LogP contribution < -0.4 is 4.74 Å². The molecule has 0 amide bonds. The van der Waals surface area contributed by atoms with Gasteiger partial charge in [0.25, 0.3) is 0 Å². The molecule has 2 aromatic carbocycles. The van der Waals surface area contributed by atoms with Crippen LogP contribution in [0.1, 0.15) is 36.5 Å². The van der Waals surface area contributed by atoms with Crippen LogP contribution in [0.4, 0.5) is 0 Å². The Morgan fingerprint density at radius 2 is 1.67 bits per heavy atom. The number of benzene rings is 2. The van der Waals surface area contributed by atoms with Crippen LogP contribution in [-0.4, -0.2) is 12.2 Å². The first kappa shape index (κ1) is 15.3. The van der Waals surface area contributed by atoms with E-state index in [1.165, 1.54) is 0 Å². The molecule has 0 aliphatic heterocycles. The number of rotatable bonds is 6. The molecular formula is C19H22O2. The van der Waals surface area contributed by atoms with E-state index in [1.54, 1.807) is 7.11 Å². The van der Waals surface area contributed by atoms with Crippen LogP contribution in [0.5, 0.6) is 5.75 Å². The number of allylic oxidation sites excluding steroid dienone is 1. The first-order valence-electron chi connectivity index (χ1n) is 7.30. The molecular weight excluding hydrogens is 260 g/mol. The lowest BCUT2D eigenvalue weighted by Crippen LogP contribution is -2.09. The van der Waals surface area contributed by atoms with Gasteiger partial charge in [0.05, 0.1) is 13.2 Å². The van der Waals surface area contributed by atoms with Crippen molar-refractivity contribution >= 4 is 0 Å². The molecule has 0 spiro atoms. The number of aliphatic hydroxyl groups is 1. The smallest absolute Gasteiger partial charge is 0.118 e. The Hall–Kier alpha value is -2.06. The fraction of sp³-hybridized carbons (Fsp3) is 0.263. The Balaban J connectivity index is 2.29. The van der Waals surface area contributed by atoms with E-state index in [4.69, 9.17) is 4.74 Å². The SMILES string of the molecule is CC/C=C/[C@@H](c1ccccc1)[C@@H](O)c1ccc(OC)cc1. The number of hydrogen-bond donors (Lipinski definition) is 1. The minimum absolute atomic E-state index is 0.0421. The van der Waals surface area contributed by atoms with Crippen LogP contribution in [0, 0.1) is 0 Å². The van der Waals surface area contributed by atoms with Gasteiger partial charge in [0.15, 0.2) is 0 Å². The fourth-order valence-corrected chi connectivity index (χ4v) is 2.37. The highest BCUT2D eigenvalue weighted by molar-refractivity contribution is 5.33. The minimum Gasteiger partial charge on any atom is -0.497 e. The van der Waals surface area contributed by atoms with Gasteiger partial charge in [0.1, 0.15) is 5.75 Å². The van der Waals surface area contributed by atoms with Gasteiger partial charge in [-0.2, -0.15) is 0 Å². The summed E-state index contributed by atoms with van der Waals surface area (Å²) >= 11 is 0. The maximum atomic E-state index is 10.7. The van der Waals surface area contributed by atoms with Crippen LogP contribution in [-0.2, 0) is 0 Å². The average Bonchev–Trinajstić information content (AvgIpc) is 2.56. The molecule has 2 nitrogen and oxygen atoms in total. The number of ether oxygens (including phenoxy) is 1. The Bertz CT molecular complexity index is 558. The standard InChI is InChI=1S/C19H22O2/c1-3-4-10-18(15-8-6-5-7-9-15)19(20)16-11-13-17(21-2)14-12-16/h4-14,18-20H,3H2,1-2H3/b10-4+/t18-,19-/m0/s1. The molecule has 2 atom stereocenters. The molecule has 0 radical (unpaired) electrons. The Kier molecular flexibility index (Phi) is 5.59. The first-order chi connectivity index (χ1) is 10.3. The maximum Gasteiger partial charge on any atom is 0.118 e. The quantitative estimate of drug-likeness (QED) is 0.792. The number of aliphatic hydroxyl groups excluding tert-OH is 1. The Morgan fingerprint density at radius 3 is 2.24 bits per heavy atom. The molecule has 0 bridgehead atoms. The molecule has 2 aromatic rings. The minimum atomic E-state index is -0.568. The van der Waals surface area contributed by atoms with Gasteiger partial charge in [-0.1, -0.05) is 61.5 Å². The first-order valence-corrected chi connectivity index (χ1v) is 7.30. The summed E-state index contributed by atoms with van der Waals surface area (Å²) in [7, 11) is 1.64. The van der Waals surface area contributed by atoms with Gasteiger partial charge in [-0.3, -0.25) is 0 Å². The van der Waals surface area contributed by atoms with E-state index < -0.39 is 6.10 Å². The van der Waals surface area contributed by atoms with E-state index in [-0.39, 0.29) is 5.92 Å². The second-order valence-electron chi connectivity index (χ2n) is 4.99. The van der Waals surface area contributed by atoms with Crippen LogP contribution in [0.15, 0.2) is 66.7 Å². The molecule has 0 heterocycles. The van der Waals surface area contributed by atoms with E-state index in [0.717, 1.165) is 23.3 Å². The third kappa shape index (κ3) is 3.96. The van der Waals surface area contributed by atoms with Crippen molar-refractivity contribution in [2.45, 2.75) is 25.4 Å². The van der Waals surface area contributed by atoms with E-state index in [1.807, 2.05) is 42.5 Å². The second-order valence-corrected chi connectivity index (χ2v) is 4.99. The molecule has 0 aromatic heterocycles. The third-order valence-corrected chi connectivity index (χ3v) is 3.56. The number of methoxy groups -OCH3 is 1. The molecule has 2 heteroatoms. The highest BCUT2D eigenvalue weighted by Gasteiger charge is 2.20. The lowest BCUT2D eigenvalue weighted by Gasteiger charge is -2.21. The van der Waals surface area contributed by atoms with E-state index in [9.17, 15) is 5.11 Å². The second kappa shape index (κ2) is 7.65. The summed E-state index contributed by atoms with van der Waals surface area (Å²) < 4.78 is 5.16. The van der Waals surface area contributed by atoms with Crippen molar-refractivity contribution in [1.82, 2.24) is 0 Å². The predicted molar refractivity (Wildman–Crippen MR) is 86.6 cm³/mol. The van der Waals surface area contributed by atoms with E-state index in [2.05, 4.69) is 31.2 Å². The van der Waals surface area contributed by atoms with Crippen LogP contribution in [0.3, 0.4) is 0 Å². The zero-order valence-corrected chi connectivity index (χ0v) is 12.6. The van der Waals surface area contributed by atoms with E-state index >= 15 is 0 Å². The molecule has 0 aliphatic rings. The molecule has 0 fully saturated rings. The predicted octanol–water partition coefficient (Wildman–Crippen LogP) is 4.48. The molecule has 0 aliphatic carbocycles. The summed E-state index contributed by atoms with van der Waals surface area (Å²) in [6.07, 6.45) is 4.58. The van der Waals surface area contributed by atoms with Crippen LogP contribution >= 0.6 is 0 Å². The van der Waals surface area contributed by atoms with Crippen molar-refractivity contribution in [2.75, 3.05) is 7.11 Å². The van der Waals surface area contributed by atoms with Crippen molar-refractivity contribution in [3.63, 3.8) is 0 Å². The van der Waals surface area contributed by atoms with E-state index in [0.29, 0.717) is 0 Å². The molecule has 2 rings (SSSR count). The van der Waals surface area contributed by atoms with Crippen molar-refractivity contribution in [3.8, 4) is 5.75 Å². The fourth-order valence-electron chi connectivity index (χ4n) is 2.37.